The first kappa shape index (κ1) is 20.4. The molecule has 132 valence electrons. The molecule has 0 aromatic carbocycles. The van der Waals surface area contributed by atoms with Crippen LogP contribution >= 0.6 is 0 Å². The van der Waals surface area contributed by atoms with E-state index >= 15 is 0 Å². The highest BCUT2D eigenvalue weighted by Crippen LogP contribution is 2.12. The Bertz CT molecular complexity index is 571. The van der Waals surface area contributed by atoms with Crippen molar-refractivity contribution in [1.82, 2.24) is 0 Å². The molecule has 1 aromatic heterocycles. The number of hydrogen-bond acceptors (Lipinski definition) is 0. The summed E-state index contributed by atoms with van der Waals surface area (Å²) >= 11 is 0. The number of unbranched alkanes of at least 4 members (excludes halogenated alkanes) is 1. The van der Waals surface area contributed by atoms with E-state index in [-0.39, 0.29) is 0 Å². The van der Waals surface area contributed by atoms with E-state index in [0.29, 0.717) is 0 Å². The normalized spacial score (nSPS) is 12.4. The quantitative estimate of drug-likeness (QED) is 0.263. The lowest BCUT2D eigenvalue weighted by molar-refractivity contribution is -0.703. The average Bonchev–Trinajstić information content (AvgIpc) is 2.52. The van der Waals surface area contributed by atoms with Gasteiger partial charge in [-0.15, -0.1) is 0 Å². The van der Waals surface area contributed by atoms with Crippen molar-refractivity contribution in [3.05, 3.63) is 65.0 Å². The van der Waals surface area contributed by atoms with Crippen molar-refractivity contribution in [3.63, 3.8) is 0 Å². The Morgan fingerprint density at radius 1 is 0.875 bits per heavy atom. The van der Waals surface area contributed by atoms with Crippen molar-refractivity contribution in [2.45, 2.75) is 79.7 Å². The summed E-state index contributed by atoms with van der Waals surface area (Å²) in [5.74, 6) is 0. The molecule has 1 aromatic rings. The van der Waals surface area contributed by atoms with E-state index in [2.05, 4.69) is 81.8 Å². The van der Waals surface area contributed by atoms with Gasteiger partial charge in [0.25, 0.3) is 0 Å². The average molecular weight is 327 g/mol. The molecule has 0 aliphatic rings. The third-order valence-electron chi connectivity index (χ3n) is 4.39. The second-order valence-corrected chi connectivity index (χ2v) is 7.14. The molecule has 0 fully saturated rings. The summed E-state index contributed by atoms with van der Waals surface area (Å²) in [6.07, 6.45) is 16.5. The van der Waals surface area contributed by atoms with Crippen LogP contribution in [0.1, 0.15) is 71.9 Å². The van der Waals surface area contributed by atoms with E-state index in [4.69, 9.17) is 0 Å². The highest BCUT2D eigenvalue weighted by atomic mass is 14.9. The Labute approximate surface area is 149 Å². The van der Waals surface area contributed by atoms with Crippen LogP contribution in [0.4, 0.5) is 0 Å². The number of allylic oxidation sites excluding steroid dienone is 6. The molecular formula is C23H36N+. The van der Waals surface area contributed by atoms with Gasteiger partial charge in [-0.25, -0.2) is 4.57 Å². The summed E-state index contributed by atoms with van der Waals surface area (Å²) < 4.78 is 2.34. The Morgan fingerprint density at radius 2 is 1.50 bits per heavy atom. The van der Waals surface area contributed by atoms with E-state index in [1.807, 2.05) is 0 Å². The van der Waals surface area contributed by atoms with Crippen molar-refractivity contribution < 1.29 is 4.57 Å². The van der Waals surface area contributed by atoms with Gasteiger partial charge >= 0.3 is 0 Å². The minimum atomic E-state index is 1.11. The molecule has 0 saturated heterocycles. The summed E-state index contributed by atoms with van der Waals surface area (Å²) in [4.78, 5) is 0. The zero-order chi connectivity index (χ0) is 17.8. The van der Waals surface area contributed by atoms with Gasteiger partial charge in [-0.1, -0.05) is 41.0 Å². The summed E-state index contributed by atoms with van der Waals surface area (Å²) in [6, 6.07) is 6.39. The fourth-order valence-corrected chi connectivity index (χ4v) is 2.76. The van der Waals surface area contributed by atoms with Gasteiger partial charge in [-0.2, -0.15) is 0 Å². The molecule has 0 bridgehead atoms. The van der Waals surface area contributed by atoms with Crippen LogP contribution in [0, 0.1) is 6.92 Å². The first-order valence-corrected chi connectivity index (χ1v) is 9.38. The molecule has 0 aliphatic heterocycles. The van der Waals surface area contributed by atoms with E-state index in [1.54, 1.807) is 0 Å². The minimum Gasteiger partial charge on any atom is -0.203 e. The number of hydrogen-bond donors (Lipinski definition) is 0. The zero-order valence-electron chi connectivity index (χ0n) is 16.4. The van der Waals surface area contributed by atoms with Gasteiger partial charge in [0, 0.05) is 25.5 Å². The molecule has 0 saturated carbocycles. The topological polar surface area (TPSA) is 3.88 Å². The molecule has 24 heavy (non-hydrogen) atoms. The van der Waals surface area contributed by atoms with Gasteiger partial charge in [0.1, 0.15) is 6.54 Å². The van der Waals surface area contributed by atoms with Crippen LogP contribution < -0.4 is 4.57 Å². The van der Waals surface area contributed by atoms with Crippen molar-refractivity contribution in [3.8, 4) is 0 Å². The van der Waals surface area contributed by atoms with Gasteiger partial charge in [-0.05, 0) is 59.8 Å². The fourth-order valence-electron chi connectivity index (χ4n) is 2.76. The molecule has 0 amide bonds. The smallest absolute Gasteiger partial charge is 0.178 e. The first-order valence-electron chi connectivity index (χ1n) is 9.38. The van der Waals surface area contributed by atoms with Crippen molar-refractivity contribution in [2.24, 2.45) is 0 Å². The number of aromatic nitrogens is 1. The van der Waals surface area contributed by atoms with Crippen LogP contribution in [-0.4, -0.2) is 0 Å². The Balaban J connectivity index is 2.22. The standard InChI is InChI=1S/C23H36N/c1-20(2)12-10-14-22(4)16-11-15-21(3)13-6-8-18-24-19-9-7-17-23(24)5/h7,9,12-13,16-17,19H,6,8,10-11,14-15,18H2,1-5H3/q+1/b21-13+,22-16+. The van der Waals surface area contributed by atoms with Gasteiger partial charge < -0.3 is 0 Å². The van der Waals surface area contributed by atoms with E-state index in [1.165, 1.54) is 60.9 Å². The molecule has 0 radical (unpaired) electrons. The van der Waals surface area contributed by atoms with Crippen molar-refractivity contribution in [2.75, 3.05) is 0 Å². The minimum absolute atomic E-state index is 1.11. The predicted molar refractivity (Wildman–Crippen MR) is 106 cm³/mol. The molecule has 1 heterocycles. The number of nitrogens with zero attached hydrogens (tertiary/aromatic N) is 1. The van der Waals surface area contributed by atoms with Gasteiger partial charge in [-0.3, -0.25) is 0 Å². The lowest BCUT2D eigenvalue weighted by Crippen LogP contribution is -2.36. The molecule has 0 aliphatic carbocycles. The molecule has 0 N–H and O–H groups in total. The second kappa shape index (κ2) is 11.8. The molecular weight excluding hydrogens is 290 g/mol. The largest absolute Gasteiger partial charge is 0.203 e. The van der Waals surface area contributed by atoms with Crippen LogP contribution in [0.25, 0.3) is 0 Å². The molecule has 1 nitrogen and oxygen atoms in total. The lowest BCUT2D eigenvalue weighted by atomic mass is 10.1. The zero-order valence-corrected chi connectivity index (χ0v) is 16.4. The second-order valence-electron chi connectivity index (χ2n) is 7.14. The van der Waals surface area contributed by atoms with Gasteiger partial charge in [0.2, 0.25) is 0 Å². The monoisotopic (exact) mass is 326 g/mol. The maximum atomic E-state index is 2.42. The summed E-state index contributed by atoms with van der Waals surface area (Å²) in [5.41, 5.74) is 5.81. The molecule has 1 heteroatoms. The van der Waals surface area contributed by atoms with E-state index in [0.717, 1.165) is 6.54 Å². The van der Waals surface area contributed by atoms with Crippen molar-refractivity contribution in [1.29, 1.82) is 0 Å². The fraction of sp³-hybridized carbons (Fsp3) is 0.522. The maximum Gasteiger partial charge on any atom is 0.178 e. The highest BCUT2D eigenvalue weighted by molar-refractivity contribution is 5.05. The lowest BCUT2D eigenvalue weighted by Gasteiger charge is -2.02. The predicted octanol–water partition coefficient (Wildman–Crippen LogP) is 6.48. The van der Waals surface area contributed by atoms with Crippen LogP contribution in [0.3, 0.4) is 0 Å². The van der Waals surface area contributed by atoms with Crippen LogP contribution in [-0.2, 0) is 6.54 Å². The Kier molecular flexibility index (Phi) is 10.1. The van der Waals surface area contributed by atoms with Crippen LogP contribution in [0.5, 0.6) is 0 Å². The first-order chi connectivity index (χ1) is 11.5. The summed E-state index contributed by atoms with van der Waals surface area (Å²) in [6.45, 7) is 12.2. The Morgan fingerprint density at radius 3 is 2.12 bits per heavy atom. The van der Waals surface area contributed by atoms with Crippen molar-refractivity contribution >= 4 is 0 Å². The van der Waals surface area contributed by atoms with Gasteiger partial charge in [0.05, 0.1) is 0 Å². The van der Waals surface area contributed by atoms with E-state index in [9.17, 15) is 0 Å². The SMILES string of the molecule is CC(C)=CCC/C(C)=C/CC/C(C)=C/CCC[n+]1ccccc1C. The van der Waals surface area contributed by atoms with Crippen LogP contribution in [0.15, 0.2) is 59.3 Å². The number of pyridine rings is 1. The summed E-state index contributed by atoms with van der Waals surface area (Å²) in [5, 5.41) is 0. The van der Waals surface area contributed by atoms with E-state index < -0.39 is 0 Å². The summed E-state index contributed by atoms with van der Waals surface area (Å²) in [7, 11) is 0. The maximum absolute atomic E-state index is 2.42. The molecule has 0 unspecified atom stereocenters. The van der Waals surface area contributed by atoms with Gasteiger partial charge in [0.15, 0.2) is 11.9 Å². The molecule has 1 rings (SSSR count). The third-order valence-corrected chi connectivity index (χ3v) is 4.39. The highest BCUT2D eigenvalue weighted by Gasteiger charge is 2.02. The molecule has 0 spiro atoms. The molecule has 0 atom stereocenters. The Hall–Kier alpha value is -1.63. The number of rotatable bonds is 10. The third kappa shape index (κ3) is 9.50. The van der Waals surface area contributed by atoms with Crippen LogP contribution in [0.2, 0.25) is 0 Å². The number of aryl methyl sites for hydroxylation is 2.